The second-order valence-corrected chi connectivity index (χ2v) is 10.5. The number of likely N-dealkylation sites (tertiary alicyclic amines) is 1. The summed E-state index contributed by atoms with van der Waals surface area (Å²) in [5.41, 5.74) is 11.5. The number of ether oxygens (including phenoxy) is 1. The number of nitrogens with zero attached hydrogens (tertiary/aromatic N) is 6. The Labute approximate surface area is 229 Å². The lowest BCUT2D eigenvalue weighted by atomic mass is 9.95. The number of nitrogens with one attached hydrogen (secondary N) is 1. The number of rotatable bonds is 7. The van der Waals surface area contributed by atoms with Crippen LogP contribution in [-0.2, 0) is 6.54 Å². The number of piperidine rings is 1. The molecule has 202 valence electrons. The van der Waals surface area contributed by atoms with Crippen molar-refractivity contribution >= 4 is 23.2 Å². The van der Waals surface area contributed by atoms with Gasteiger partial charge in [-0.05, 0) is 80.5 Å². The van der Waals surface area contributed by atoms with E-state index in [4.69, 9.17) is 10.5 Å². The van der Waals surface area contributed by atoms with Gasteiger partial charge in [0.2, 0.25) is 0 Å². The van der Waals surface area contributed by atoms with Crippen LogP contribution in [0.3, 0.4) is 0 Å². The number of anilines is 2. The van der Waals surface area contributed by atoms with E-state index >= 15 is 0 Å². The Morgan fingerprint density at radius 2 is 2.13 bits per heavy atom. The molecule has 0 amide bonds. The van der Waals surface area contributed by atoms with Crippen molar-refractivity contribution in [2.45, 2.75) is 64.6 Å². The summed E-state index contributed by atoms with van der Waals surface area (Å²) in [5.74, 6) is 2.39. The average Bonchev–Trinajstić information content (AvgIpc) is 3.20. The maximum Gasteiger partial charge on any atom is 0.158 e. The van der Waals surface area contributed by atoms with E-state index in [1.807, 2.05) is 52.4 Å². The van der Waals surface area contributed by atoms with Crippen LogP contribution in [0, 0.1) is 6.92 Å². The fourth-order valence-corrected chi connectivity index (χ4v) is 5.59. The highest BCUT2D eigenvalue weighted by molar-refractivity contribution is 5.76. The molecule has 2 atom stereocenters. The maximum atomic E-state index is 6.26. The lowest BCUT2D eigenvalue weighted by Gasteiger charge is -2.38. The van der Waals surface area contributed by atoms with Gasteiger partial charge in [0, 0.05) is 55.5 Å². The molecule has 3 aromatic rings. The number of nitrogens with two attached hydrogens (primary N) is 1. The van der Waals surface area contributed by atoms with Gasteiger partial charge in [0.1, 0.15) is 23.4 Å². The largest absolute Gasteiger partial charge is 0.457 e. The van der Waals surface area contributed by atoms with Crippen molar-refractivity contribution in [3.63, 3.8) is 0 Å². The smallest absolute Gasteiger partial charge is 0.158 e. The van der Waals surface area contributed by atoms with Crippen LogP contribution in [0.2, 0.25) is 0 Å². The molecule has 0 unspecified atom stereocenters. The lowest BCUT2D eigenvalue weighted by molar-refractivity contribution is 0.125. The molecule has 3 aliphatic rings. The number of aromatic nitrogens is 3. The molecule has 3 N–H and O–H groups in total. The van der Waals surface area contributed by atoms with Gasteiger partial charge in [0.15, 0.2) is 5.82 Å². The van der Waals surface area contributed by atoms with Gasteiger partial charge in [-0.15, -0.1) is 0 Å². The molecule has 0 bridgehead atoms. The van der Waals surface area contributed by atoms with Gasteiger partial charge in [0.25, 0.3) is 0 Å². The Kier molecular flexibility index (Phi) is 7.17. The minimum absolute atomic E-state index is 0.302. The van der Waals surface area contributed by atoms with Crippen molar-refractivity contribution in [2.24, 2.45) is 10.8 Å². The van der Waals surface area contributed by atoms with Crippen molar-refractivity contribution in [1.82, 2.24) is 24.5 Å². The molecule has 3 aliphatic heterocycles. The van der Waals surface area contributed by atoms with E-state index in [0.717, 1.165) is 85.0 Å². The predicted octanol–water partition coefficient (Wildman–Crippen LogP) is 5.24. The van der Waals surface area contributed by atoms with Gasteiger partial charge in [-0.1, -0.05) is 13.0 Å². The van der Waals surface area contributed by atoms with Gasteiger partial charge >= 0.3 is 0 Å². The number of hydrazone groups is 1. The molecule has 6 rings (SSSR count). The average molecular weight is 525 g/mol. The number of hydrogen-bond acceptors (Lipinski definition) is 8. The zero-order valence-corrected chi connectivity index (χ0v) is 22.6. The Balaban J connectivity index is 1.20. The van der Waals surface area contributed by atoms with Crippen molar-refractivity contribution in [3.8, 4) is 5.75 Å². The number of fused-ring (bicyclic) bond motifs is 2. The third-order valence-electron chi connectivity index (χ3n) is 7.72. The summed E-state index contributed by atoms with van der Waals surface area (Å²) >= 11 is 0. The third-order valence-corrected chi connectivity index (χ3v) is 7.72. The molecule has 1 saturated heterocycles. The van der Waals surface area contributed by atoms with Crippen LogP contribution >= 0.6 is 0 Å². The SMILES string of the molecule is CC[C@H]1C[C@H](N)CCN1Cc1ccn2ncnc(Nc3ccc(OC4=CC5=CCCC=NN5C=C4)c(C)c3)c12. The highest BCUT2D eigenvalue weighted by Crippen LogP contribution is 2.31. The van der Waals surface area contributed by atoms with Gasteiger partial charge in [-0.3, -0.25) is 4.90 Å². The van der Waals surface area contributed by atoms with E-state index in [0.29, 0.717) is 12.1 Å². The Morgan fingerprint density at radius 3 is 3.00 bits per heavy atom. The molecule has 0 radical (unpaired) electrons. The van der Waals surface area contributed by atoms with E-state index in [1.54, 1.807) is 6.33 Å². The van der Waals surface area contributed by atoms with Gasteiger partial charge in [-0.2, -0.15) is 10.2 Å². The summed E-state index contributed by atoms with van der Waals surface area (Å²) in [5, 5.41) is 14.3. The molecule has 9 heteroatoms. The normalized spacial score (nSPS) is 21.4. The first-order valence-corrected chi connectivity index (χ1v) is 13.9. The number of aryl methyl sites for hydroxylation is 1. The zero-order valence-electron chi connectivity index (χ0n) is 22.6. The summed E-state index contributed by atoms with van der Waals surface area (Å²) in [4.78, 5) is 7.17. The Bertz CT molecular complexity index is 1470. The molecule has 0 spiro atoms. The van der Waals surface area contributed by atoms with E-state index in [9.17, 15) is 0 Å². The molecule has 9 nitrogen and oxygen atoms in total. The van der Waals surface area contributed by atoms with Crippen LogP contribution in [-0.4, -0.2) is 49.3 Å². The highest BCUT2D eigenvalue weighted by atomic mass is 16.5. The monoisotopic (exact) mass is 524 g/mol. The van der Waals surface area contributed by atoms with Crippen LogP contribution in [0.5, 0.6) is 5.75 Å². The van der Waals surface area contributed by atoms with E-state index in [-0.39, 0.29) is 0 Å². The molecular weight excluding hydrogens is 488 g/mol. The molecular formula is C30H36N8O. The first-order valence-electron chi connectivity index (χ1n) is 13.9. The van der Waals surface area contributed by atoms with Crippen molar-refractivity contribution in [2.75, 3.05) is 11.9 Å². The van der Waals surface area contributed by atoms with Crippen LogP contribution in [0.1, 0.15) is 50.2 Å². The van der Waals surface area contributed by atoms with Crippen LogP contribution in [0.15, 0.2) is 77.8 Å². The standard InChI is InChI=1S/C30H36N8O/c1-3-25-17-23(31)10-13-36(25)19-22-9-14-38-29(22)30(32-20-34-38)35-24-7-8-28(21(2)16-24)39-27-11-15-37-26(18-27)6-4-5-12-33-37/h6-9,11-12,14-16,18,20,23,25H,3-5,10,13,17,19,31H2,1-2H3,(H,32,34,35)/t23-,25+/m1/s1. The van der Waals surface area contributed by atoms with E-state index < -0.39 is 0 Å². The zero-order chi connectivity index (χ0) is 26.8. The minimum atomic E-state index is 0.302. The van der Waals surface area contributed by atoms with Crippen molar-refractivity contribution in [1.29, 1.82) is 0 Å². The van der Waals surface area contributed by atoms with Crippen LogP contribution < -0.4 is 15.8 Å². The van der Waals surface area contributed by atoms with Gasteiger partial charge < -0.3 is 15.8 Å². The van der Waals surface area contributed by atoms with Crippen LogP contribution in [0.25, 0.3) is 5.52 Å². The fourth-order valence-electron chi connectivity index (χ4n) is 5.59. The molecule has 2 aromatic heterocycles. The number of allylic oxidation sites excluding steroid dienone is 3. The minimum Gasteiger partial charge on any atom is -0.457 e. The van der Waals surface area contributed by atoms with Crippen molar-refractivity contribution < 1.29 is 4.74 Å². The lowest BCUT2D eigenvalue weighted by Crippen LogP contribution is -2.46. The molecule has 0 saturated carbocycles. The summed E-state index contributed by atoms with van der Waals surface area (Å²) in [6.45, 7) is 6.18. The number of hydrogen-bond donors (Lipinski definition) is 2. The molecule has 0 aliphatic carbocycles. The topological polar surface area (TPSA) is 96.3 Å². The molecule has 39 heavy (non-hydrogen) atoms. The third kappa shape index (κ3) is 5.46. The van der Waals surface area contributed by atoms with Gasteiger partial charge in [-0.25, -0.2) is 14.5 Å². The Morgan fingerprint density at radius 1 is 1.21 bits per heavy atom. The quantitative estimate of drug-likeness (QED) is 0.436. The van der Waals surface area contributed by atoms with Crippen molar-refractivity contribution in [3.05, 3.63) is 83.8 Å². The maximum absolute atomic E-state index is 6.26. The molecule has 1 fully saturated rings. The molecule has 1 aromatic carbocycles. The first kappa shape index (κ1) is 25.3. The van der Waals surface area contributed by atoms with E-state index in [1.165, 1.54) is 5.56 Å². The second-order valence-electron chi connectivity index (χ2n) is 10.5. The number of benzene rings is 1. The first-order chi connectivity index (χ1) is 19.1. The predicted molar refractivity (Wildman–Crippen MR) is 155 cm³/mol. The highest BCUT2D eigenvalue weighted by Gasteiger charge is 2.26. The molecule has 5 heterocycles. The Hall–Kier alpha value is -3.95. The summed E-state index contributed by atoms with van der Waals surface area (Å²) < 4.78 is 8.16. The fraction of sp³-hybridized carbons (Fsp3) is 0.367. The summed E-state index contributed by atoms with van der Waals surface area (Å²) in [6.07, 6.45) is 18.7. The van der Waals surface area contributed by atoms with E-state index in [2.05, 4.69) is 57.5 Å². The summed E-state index contributed by atoms with van der Waals surface area (Å²) in [7, 11) is 0. The van der Waals surface area contributed by atoms with Gasteiger partial charge in [0.05, 0.1) is 5.70 Å². The second kappa shape index (κ2) is 11.0. The summed E-state index contributed by atoms with van der Waals surface area (Å²) in [6, 6.07) is 9.07. The van der Waals surface area contributed by atoms with Crippen LogP contribution in [0.4, 0.5) is 11.5 Å².